The number of terminal acetylenes is 1. The molecule has 19 nitrogen and oxygen atoms in total. The van der Waals surface area contributed by atoms with Gasteiger partial charge in [-0.2, -0.15) is 0 Å². The number of nitrogens with two attached hydrogens (primary N) is 3. The van der Waals surface area contributed by atoms with Gasteiger partial charge in [-0.1, -0.05) is 94.2 Å². The van der Waals surface area contributed by atoms with Crippen molar-refractivity contribution in [3.63, 3.8) is 0 Å². The molecular weight excluding hydrogens is 889 g/mol. The summed E-state index contributed by atoms with van der Waals surface area (Å²) in [4.78, 5) is 113. The number of carbonyl (C=O) groups is 9. The van der Waals surface area contributed by atoms with Crippen LogP contribution in [-0.4, -0.2) is 118 Å². The molecule has 69 heavy (non-hydrogen) atoms. The number of rotatable bonds is 24. The first-order chi connectivity index (χ1) is 32.3. The van der Waals surface area contributed by atoms with E-state index in [1.54, 1.807) is 51.8 Å². The SMILES string of the molecule is C#C.CCC(N)=O.CC[C@H](C)CC(=O)O[C@H](C)[C@H](NC(=O)[C@H](CC)NC(=O)C(C)C)C(=O)N[C@@H](CC(C)C)C(N)=O.CC[C@H](C)[C@@H](C(=O)N(C)C(Cc1ccc(O)cc1)C(N)=O)N1CCCCC1=O. The molecule has 8 atom stereocenters. The molecule has 1 aliphatic rings. The minimum atomic E-state index is -1.28. The number of carbonyl (C=O) groups excluding carboxylic acids is 9. The number of hydrogen-bond acceptors (Lipinski definition) is 11. The fourth-order valence-corrected chi connectivity index (χ4v) is 6.75. The fraction of sp³-hybridized carbons (Fsp3) is 0.660. The molecule has 0 saturated carbocycles. The van der Waals surface area contributed by atoms with Crippen molar-refractivity contribution in [1.82, 2.24) is 25.8 Å². The molecule has 0 aliphatic carbocycles. The number of primary amides is 3. The van der Waals surface area contributed by atoms with E-state index in [2.05, 4.69) is 34.5 Å². The van der Waals surface area contributed by atoms with Crippen LogP contribution in [0.3, 0.4) is 0 Å². The summed E-state index contributed by atoms with van der Waals surface area (Å²) in [6.07, 6.45) is 12.1. The maximum Gasteiger partial charge on any atom is 0.306 e. The van der Waals surface area contributed by atoms with Gasteiger partial charge in [-0.15, -0.1) is 12.8 Å². The van der Waals surface area contributed by atoms with Crippen molar-refractivity contribution in [1.29, 1.82) is 0 Å². The van der Waals surface area contributed by atoms with Crippen molar-refractivity contribution in [3.05, 3.63) is 29.8 Å². The molecular formula is C50H84N8O11. The van der Waals surface area contributed by atoms with Crippen molar-refractivity contribution in [2.75, 3.05) is 13.6 Å². The molecule has 19 heteroatoms. The van der Waals surface area contributed by atoms with Gasteiger partial charge in [0.15, 0.2) is 0 Å². The van der Waals surface area contributed by atoms with E-state index >= 15 is 0 Å². The van der Waals surface area contributed by atoms with Crippen LogP contribution in [0.5, 0.6) is 5.75 Å². The Morgan fingerprint density at radius 2 is 1.32 bits per heavy atom. The maximum atomic E-state index is 13.4. The number of benzene rings is 1. The van der Waals surface area contributed by atoms with Gasteiger partial charge in [0.05, 0.1) is 0 Å². The molecule has 1 unspecified atom stereocenters. The highest BCUT2D eigenvalue weighted by Gasteiger charge is 2.39. The highest BCUT2D eigenvalue weighted by Crippen LogP contribution is 2.24. The number of nitrogens with zero attached hydrogens (tertiary/aromatic N) is 2. The van der Waals surface area contributed by atoms with E-state index in [4.69, 9.17) is 16.2 Å². The molecule has 10 N–H and O–H groups in total. The van der Waals surface area contributed by atoms with Gasteiger partial charge in [0.25, 0.3) is 0 Å². The van der Waals surface area contributed by atoms with Crippen LogP contribution in [0.25, 0.3) is 0 Å². The van der Waals surface area contributed by atoms with Gasteiger partial charge in [0.1, 0.15) is 42.1 Å². The van der Waals surface area contributed by atoms with Crippen LogP contribution in [0.2, 0.25) is 0 Å². The van der Waals surface area contributed by atoms with Crippen LogP contribution in [0.4, 0.5) is 0 Å². The summed E-state index contributed by atoms with van der Waals surface area (Å²) in [6, 6.07) is 1.93. The molecule has 1 aromatic rings. The highest BCUT2D eigenvalue weighted by atomic mass is 16.5. The van der Waals surface area contributed by atoms with E-state index in [1.165, 1.54) is 24.0 Å². The van der Waals surface area contributed by atoms with Gasteiger partial charge in [0.2, 0.25) is 47.3 Å². The summed E-state index contributed by atoms with van der Waals surface area (Å²) in [7, 11) is 1.57. The molecule has 1 heterocycles. The van der Waals surface area contributed by atoms with Crippen LogP contribution in [0.15, 0.2) is 24.3 Å². The zero-order valence-electron chi connectivity index (χ0n) is 43.2. The number of likely N-dealkylation sites (tertiary alicyclic amines) is 1. The molecule has 0 bridgehead atoms. The molecule has 0 radical (unpaired) electrons. The van der Waals surface area contributed by atoms with Gasteiger partial charge in [0, 0.05) is 45.2 Å². The number of esters is 1. The smallest absolute Gasteiger partial charge is 0.306 e. The summed E-state index contributed by atoms with van der Waals surface area (Å²) >= 11 is 0. The lowest BCUT2D eigenvalue weighted by Crippen LogP contribution is -2.60. The van der Waals surface area contributed by atoms with Crippen molar-refractivity contribution in [2.24, 2.45) is 40.9 Å². The van der Waals surface area contributed by atoms with E-state index in [9.17, 15) is 48.3 Å². The number of ether oxygens (including phenoxy) is 1. The Bertz CT molecular complexity index is 1820. The normalized spacial score (nSPS) is 15.4. The number of nitrogens with one attached hydrogen (secondary N) is 3. The Morgan fingerprint density at radius 3 is 1.75 bits per heavy atom. The lowest BCUT2D eigenvalue weighted by molar-refractivity contribution is -0.153. The van der Waals surface area contributed by atoms with Crippen molar-refractivity contribution in [3.8, 4) is 18.6 Å². The first kappa shape index (κ1) is 64.9. The molecule has 0 spiro atoms. The van der Waals surface area contributed by atoms with Gasteiger partial charge in [-0.3, -0.25) is 43.2 Å². The molecule has 1 aromatic carbocycles. The Morgan fingerprint density at radius 1 is 0.768 bits per heavy atom. The second-order valence-electron chi connectivity index (χ2n) is 18.0. The summed E-state index contributed by atoms with van der Waals surface area (Å²) in [5.41, 5.74) is 16.5. The predicted molar refractivity (Wildman–Crippen MR) is 265 cm³/mol. The van der Waals surface area contributed by atoms with E-state index in [-0.39, 0.29) is 72.3 Å². The van der Waals surface area contributed by atoms with Crippen LogP contribution in [0.1, 0.15) is 140 Å². The van der Waals surface area contributed by atoms with Crippen molar-refractivity contribution in [2.45, 2.75) is 177 Å². The van der Waals surface area contributed by atoms with Crippen molar-refractivity contribution < 1.29 is 53.0 Å². The van der Waals surface area contributed by atoms with E-state index in [0.717, 1.165) is 31.2 Å². The Balaban J connectivity index is 0. The zero-order valence-corrected chi connectivity index (χ0v) is 43.2. The lowest BCUT2D eigenvalue weighted by atomic mass is 9.93. The Hall–Kier alpha value is -6.19. The number of phenolic OH excluding ortho intramolecular Hbond substituents is 1. The largest absolute Gasteiger partial charge is 0.508 e. The molecule has 1 aliphatic heterocycles. The zero-order chi connectivity index (χ0) is 53.7. The second-order valence-corrected chi connectivity index (χ2v) is 18.0. The summed E-state index contributed by atoms with van der Waals surface area (Å²) < 4.78 is 5.44. The molecule has 1 saturated heterocycles. The van der Waals surface area contributed by atoms with E-state index in [0.29, 0.717) is 25.8 Å². The topological polar surface area (TPSA) is 304 Å². The average molecular weight is 973 g/mol. The third-order valence-corrected chi connectivity index (χ3v) is 11.5. The highest BCUT2D eigenvalue weighted by molar-refractivity contribution is 5.95. The maximum absolute atomic E-state index is 13.4. The van der Waals surface area contributed by atoms with E-state index < -0.39 is 65.9 Å². The second kappa shape index (κ2) is 34.2. The molecule has 0 aromatic heterocycles. The van der Waals surface area contributed by atoms with Gasteiger partial charge < -0.3 is 52.8 Å². The van der Waals surface area contributed by atoms with Crippen LogP contribution in [-0.2, 0) is 54.3 Å². The molecule has 390 valence electrons. The number of hydrogen-bond donors (Lipinski definition) is 7. The van der Waals surface area contributed by atoms with Gasteiger partial charge in [-0.05, 0) is 68.1 Å². The number of piperidine rings is 1. The summed E-state index contributed by atoms with van der Waals surface area (Å²) in [5, 5.41) is 17.2. The minimum Gasteiger partial charge on any atom is -0.508 e. The molecule has 8 amide bonds. The third-order valence-electron chi connectivity index (χ3n) is 11.5. The Kier molecular flexibility index (Phi) is 32.1. The average Bonchev–Trinajstić information content (AvgIpc) is 3.30. The van der Waals surface area contributed by atoms with Gasteiger partial charge >= 0.3 is 5.97 Å². The summed E-state index contributed by atoms with van der Waals surface area (Å²) in [5.74, 6) is -3.96. The van der Waals surface area contributed by atoms with Gasteiger partial charge in [-0.25, -0.2) is 0 Å². The van der Waals surface area contributed by atoms with E-state index in [1.807, 2.05) is 41.5 Å². The van der Waals surface area contributed by atoms with Crippen LogP contribution >= 0.6 is 0 Å². The lowest BCUT2D eigenvalue weighted by Gasteiger charge is -2.40. The minimum absolute atomic E-state index is 0.00698. The monoisotopic (exact) mass is 973 g/mol. The van der Waals surface area contributed by atoms with Crippen LogP contribution in [0, 0.1) is 36.5 Å². The molecule has 2 rings (SSSR count). The quantitative estimate of drug-likeness (QED) is 0.0583. The number of likely N-dealkylation sites (N-methyl/N-ethyl adjacent to an activating group) is 1. The number of aromatic hydroxyl groups is 1. The first-order valence-corrected chi connectivity index (χ1v) is 23.9. The fourth-order valence-electron chi connectivity index (χ4n) is 6.75. The Labute approximate surface area is 410 Å². The molecule has 1 fully saturated rings. The third kappa shape index (κ3) is 24.6. The van der Waals surface area contributed by atoms with Crippen LogP contribution < -0.4 is 33.2 Å². The first-order valence-electron chi connectivity index (χ1n) is 23.9. The number of phenols is 1. The summed E-state index contributed by atoms with van der Waals surface area (Å²) in [6.45, 7) is 20.5. The standard InChI is InChI=1S/C24H44N4O6.C21H31N3O4.C3H7NO.C2H2/c1-9-15(7)12-19(29)34-16(8)20(24(33)27-18(21(25)30)11-13(3)4)28-23(32)17(10-2)26-22(31)14(5)6;1-4-14(2)19(24-12-6-5-7-18(24)26)21(28)23(3)17(20(22)27)13-15-8-10-16(25)11-9-15;1-2-3(4)5;1-2/h13-18,20H,9-12H2,1-8H3,(H2,25,30)(H,26,31)(H,27,33)(H,28,32);8-11,14,17,19,25H,4-7,12-13H2,1-3H3,(H2,22,27);2H2,1H3,(H2,4,5);1-2H/t15-,16+,17-,18-,20-;14-,17?,19-;;/m00../s1. The predicted octanol–water partition coefficient (Wildman–Crippen LogP) is 3.21. The van der Waals surface area contributed by atoms with Crippen molar-refractivity contribution >= 4 is 53.2 Å². The number of amides is 8.